The van der Waals surface area contributed by atoms with Crippen molar-refractivity contribution in [3.8, 4) is 11.5 Å². The van der Waals surface area contributed by atoms with Gasteiger partial charge in [-0.3, -0.25) is 9.59 Å². The van der Waals surface area contributed by atoms with E-state index in [0.717, 1.165) is 31.2 Å². The Hall–Kier alpha value is -2.28. The van der Waals surface area contributed by atoms with Crippen molar-refractivity contribution in [1.29, 1.82) is 0 Å². The van der Waals surface area contributed by atoms with Gasteiger partial charge in [0.2, 0.25) is 5.91 Å². The first kappa shape index (κ1) is 18.1. The summed E-state index contributed by atoms with van der Waals surface area (Å²) in [5.41, 5.74) is 11.9. The Morgan fingerprint density at radius 3 is 2.75 bits per heavy atom. The first-order valence-corrected chi connectivity index (χ1v) is 8.11. The highest BCUT2D eigenvalue weighted by Gasteiger charge is 2.25. The summed E-state index contributed by atoms with van der Waals surface area (Å²) in [5.74, 6) is 0.401. The van der Waals surface area contributed by atoms with Crippen molar-refractivity contribution < 1.29 is 19.1 Å². The molecule has 0 radical (unpaired) electrons. The van der Waals surface area contributed by atoms with Gasteiger partial charge in [0.15, 0.2) is 18.1 Å². The molecule has 0 aromatic heterocycles. The monoisotopic (exact) mass is 335 g/mol. The summed E-state index contributed by atoms with van der Waals surface area (Å²) in [6, 6.07) is 5.39. The Kier molecular flexibility index (Phi) is 6.43. The highest BCUT2D eigenvalue weighted by atomic mass is 16.5. The lowest BCUT2D eigenvalue weighted by Gasteiger charge is -2.25. The maximum absolute atomic E-state index is 12.2. The Labute approximate surface area is 141 Å². The van der Waals surface area contributed by atoms with Gasteiger partial charge in [-0.25, -0.2) is 0 Å². The summed E-state index contributed by atoms with van der Waals surface area (Å²) in [7, 11) is 1.51. The van der Waals surface area contributed by atoms with Crippen molar-refractivity contribution in [1.82, 2.24) is 5.32 Å². The number of amides is 2. The second-order valence-corrected chi connectivity index (χ2v) is 6.08. The number of benzene rings is 1. The van der Waals surface area contributed by atoms with Crippen LogP contribution in [0, 0.1) is 5.92 Å². The number of hydrogen-bond donors (Lipinski definition) is 3. The molecule has 0 spiro atoms. The smallest absolute Gasteiger partial charge is 0.255 e. The van der Waals surface area contributed by atoms with Crippen molar-refractivity contribution in [2.24, 2.45) is 17.4 Å². The minimum atomic E-state index is -0.556. The molecule has 7 heteroatoms. The average molecular weight is 335 g/mol. The molecule has 0 saturated heterocycles. The molecule has 132 valence electrons. The third kappa shape index (κ3) is 5.13. The molecule has 2 amide bonds. The van der Waals surface area contributed by atoms with E-state index in [1.54, 1.807) is 12.1 Å². The summed E-state index contributed by atoms with van der Waals surface area (Å²) in [6.45, 7) is 0.186. The minimum absolute atomic E-state index is 0.00572. The third-order valence-corrected chi connectivity index (χ3v) is 4.15. The Balaban J connectivity index is 1.92. The van der Waals surface area contributed by atoms with E-state index in [1.807, 2.05) is 6.07 Å². The first-order chi connectivity index (χ1) is 11.5. The van der Waals surface area contributed by atoms with Crippen molar-refractivity contribution in [3.05, 3.63) is 23.8 Å². The lowest BCUT2D eigenvalue weighted by Crippen LogP contribution is -2.37. The van der Waals surface area contributed by atoms with Crippen LogP contribution in [0.3, 0.4) is 0 Å². The second kappa shape index (κ2) is 8.54. The van der Waals surface area contributed by atoms with Crippen LogP contribution in [0.25, 0.3) is 0 Å². The molecule has 1 aromatic carbocycles. The van der Waals surface area contributed by atoms with Gasteiger partial charge in [-0.05, 0) is 37.0 Å². The molecule has 2 atom stereocenters. The highest BCUT2D eigenvalue weighted by molar-refractivity contribution is 5.78. The van der Waals surface area contributed by atoms with Crippen molar-refractivity contribution in [3.63, 3.8) is 0 Å². The first-order valence-electron chi connectivity index (χ1n) is 8.11. The molecule has 0 aliphatic heterocycles. The van der Waals surface area contributed by atoms with Crippen LogP contribution in [0.15, 0.2) is 18.2 Å². The normalized spacial score (nSPS) is 20.2. The van der Waals surface area contributed by atoms with Crippen LogP contribution in [0.4, 0.5) is 0 Å². The van der Waals surface area contributed by atoms with Gasteiger partial charge < -0.3 is 26.3 Å². The summed E-state index contributed by atoms with van der Waals surface area (Å²) in [5, 5.41) is 2.95. The predicted octanol–water partition coefficient (Wildman–Crippen LogP) is 0.693. The number of ether oxygens (including phenoxy) is 2. The number of hydrogen-bond acceptors (Lipinski definition) is 5. The quantitative estimate of drug-likeness (QED) is 0.678. The maximum atomic E-state index is 12.2. The fourth-order valence-corrected chi connectivity index (χ4v) is 2.89. The number of rotatable bonds is 7. The minimum Gasteiger partial charge on any atom is -0.493 e. The summed E-state index contributed by atoms with van der Waals surface area (Å²) >= 11 is 0. The van der Waals surface area contributed by atoms with Gasteiger partial charge in [0.25, 0.3) is 5.91 Å². The molecular formula is C17H25N3O4. The average Bonchev–Trinajstić information content (AvgIpc) is 2.58. The van der Waals surface area contributed by atoms with E-state index < -0.39 is 5.91 Å². The van der Waals surface area contributed by atoms with Crippen LogP contribution in [-0.4, -0.2) is 31.6 Å². The number of nitrogens with one attached hydrogen (secondary N) is 1. The molecule has 1 aromatic rings. The van der Waals surface area contributed by atoms with Crippen LogP contribution in [-0.2, 0) is 16.1 Å². The summed E-state index contributed by atoms with van der Waals surface area (Å²) in [6.07, 6.45) is 3.63. The molecule has 1 aliphatic carbocycles. The van der Waals surface area contributed by atoms with Gasteiger partial charge in [-0.2, -0.15) is 0 Å². The largest absolute Gasteiger partial charge is 0.493 e. The van der Waals surface area contributed by atoms with Crippen LogP contribution in [0.1, 0.15) is 31.2 Å². The van der Waals surface area contributed by atoms with Gasteiger partial charge in [-0.15, -0.1) is 0 Å². The van der Waals surface area contributed by atoms with E-state index in [2.05, 4.69) is 5.32 Å². The molecule has 5 N–H and O–H groups in total. The van der Waals surface area contributed by atoms with Gasteiger partial charge in [-0.1, -0.05) is 12.5 Å². The van der Waals surface area contributed by atoms with Gasteiger partial charge in [0.1, 0.15) is 0 Å². The van der Waals surface area contributed by atoms with Gasteiger partial charge >= 0.3 is 0 Å². The standard InChI is InChI=1S/C17H25N3O4/c1-23-15-7-11(5-6-14(15)24-10-16(19)21)9-20-17(22)12-3-2-4-13(18)8-12/h5-7,12-13H,2-4,8-10,18H2,1H3,(H2,19,21)(H,20,22). The van der Waals surface area contributed by atoms with E-state index in [0.29, 0.717) is 18.0 Å². The van der Waals surface area contributed by atoms with E-state index >= 15 is 0 Å². The topological polar surface area (TPSA) is 117 Å². The SMILES string of the molecule is COc1cc(CNC(=O)C2CCCC(N)C2)ccc1OCC(N)=O. The predicted molar refractivity (Wildman–Crippen MR) is 89.5 cm³/mol. The molecule has 2 unspecified atom stereocenters. The maximum Gasteiger partial charge on any atom is 0.255 e. The molecule has 1 saturated carbocycles. The number of primary amides is 1. The molecule has 0 bridgehead atoms. The fraction of sp³-hybridized carbons (Fsp3) is 0.529. The van der Waals surface area contributed by atoms with Crippen LogP contribution >= 0.6 is 0 Å². The zero-order chi connectivity index (χ0) is 17.5. The zero-order valence-electron chi connectivity index (χ0n) is 13.9. The van der Waals surface area contributed by atoms with E-state index in [9.17, 15) is 9.59 Å². The molecule has 1 fully saturated rings. The molecule has 7 nitrogen and oxygen atoms in total. The zero-order valence-corrected chi connectivity index (χ0v) is 13.9. The van der Waals surface area contributed by atoms with Crippen molar-refractivity contribution >= 4 is 11.8 Å². The Bertz CT molecular complexity index is 591. The molecular weight excluding hydrogens is 310 g/mol. The summed E-state index contributed by atoms with van der Waals surface area (Å²) in [4.78, 5) is 23.0. The molecule has 0 heterocycles. The third-order valence-electron chi connectivity index (χ3n) is 4.15. The van der Waals surface area contributed by atoms with E-state index in [-0.39, 0.29) is 24.5 Å². The Morgan fingerprint density at radius 1 is 1.29 bits per heavy atom. The van der Waals surface area contributed by atoms with Crippen molar-refractivity contribution in [2.45, 2.75) is 38.3 Å². The highest BCUT2D eigenvalue weighted by Crippen LogP contribution is 2.28. The lowest BCUT2D eigenvalue weighted by atomic mass is 9.85. The van der Waals surface area contributed by atoms with Crippen LogP contribution < -0.4 is 26.3 Å². The van der Waals surface area contributed by atoms with Crippen LogP contribution in [0.2, 0.25) is 0 Å². The van der Waals surface area contributed by atoms with Gasteiger partial charge in [0.05, 0.1) is 7.11 Å². The number of nitrogens with two attached hydrogens (primary N) is 2. The second-order valence-electron chi connectivity index (χ2n) is 6.08. The van der Waals surface area contributed by atoms with E-state index in [1.165, 1.54) is 7.11 Å². The number of methoxy groups -OCH3 is 1. The number of carbonyl (C=O) groups excluding carboxylic acids is 2. The molecule has 1 aliphatic rings. The van der Waals surface area contributed by atoms with E-state index in [4.69, 9.17) is 20.9 Å². The Morgan fingerprint density at radius 2 is 2.08 bits per heavy atom. The molecule has 24 heavy (non-hydrogen) atoms. The van der Waals surface area contributed by atoms with Crippen molar-refractivity contribution in [2.75, 3.05) is 13.7 Å². The van der Waals surface area contributed by atoms with Crippen LogP contribution in [0.5, 0.6) is 11.5 Å². The molecule has 2 rings (SSSR count). The fourth-order valence-electron chi connectivity index (χ4n) is 2.89. The lowest BCUT2D eigenvalue weighted by molar-refractivity contribution is -0.126. The summed E-state index contributed by atoms with van der Waals surface area (Å²) < 4.78 is 10.5. The van der Waals surface area contributed by atoms with Gasteiger partial charge in [0, 0.05) is 18.5 Å². The number of carbonyl (C=O) groups is 2.